The van der Waals surface area contributed by atoms with Gasteiger partial charge in [0.1, 0.15) is 23.3 Å². The number of morpholine rings is 4. The third-order valence-electron chi connectivity index (χ3n) is 25.0. The lowest BCUT2D eigenvalue weighted by molar-refractivity contribution is 0.0260. The molecule has 12 aliphatic rings. The molecule has 4 saturated carbocycles. The molecule has 24 nitrogen and oxygen atoms in total. The summed E-state index contributed by atoms with van der Waals surface area (Å²) in [5.74, 6) is 8.80. The van der Waals surface area contributed by atoms with E-state index in [2.05, 4.69) is 180 Å². The highest BCUT2D eigenvalue weighted by atomic mass is 16.5. The van der Waals surface area contributed by atoms with E-state index in [1.165, 1.54) is 73.6 Å². The summed E-state index contributed by atoms with van der Waals surface area (Å²) in [6.45, 7) is 13.2. The smallest absolute Gasteiger partial charge is 0.254 e. The number of aromatic amines is 4. The van der Waals surface area contributed by atoms with Crippen LogP contribution in [-0.2, 0) is 44.6 Å². The second-order valence-corrected chi connectivity index (χ2v) is 33.2. The fraction of sp³-hybridized carbons (Fsp3) is 0.545. The van der Waals surface area contributed by atoms with E-state index in [4.69, 9.17) is 38.9 Å². The summed E-state index contributed by atoms with van der Waals surface area (Å²) in [7, 11) is 0. The first-order valence-corrected chi connectivity index (χ1v) is 42.2. The lowest BCUT2D eigenvalue weighted by Crippen LogP contribution is -2.44. The van der Waals surface area contributed by atoms with Gasteiger partial charge >= 0.3 is 0 Å². The molecule has 0 spiro atoms. The van der Waals surface area contributed by atoms with Gasteiger partial charge in [0.15, 0.2) is 0 Å². The summed E-state index contributed by atoms with van der Waals surface area (Å²) in [5, 5.41) is 0. The van der Waals surface area contributed by atoms with Gasteiger partial charge in [0.2, 0.25) is 23.8 Å². The molecule has 12 heterocycles. The van der Waals surface area contributed by atoms with E-state index in [0.29, 0.717) is 74.3 Å². The van der Waals surface area contributed by atoms with Crippen LogP contribution in [0.1, 0.15) is 125 Å². The molecule has 4 aromatic heterocycles. The molecule has 0 unspecified atom stereocenters. The van der Waals surface area contributed by atoms with E-state index >= 15 is 0 Å². The standard InChI is InChI=1S/4C22H28N4O2/c4*27-21-14-20(25-11-12-28-19(15-25)17-8-9-17)23-22(24-21)26-10-4-7-18(26)13-16-5-2-1-3-6-16/h4*1-3,5-6,14,17-19H,4,7-13,15H2,(H,23,24,27)/t2*18-,19+;2*18-,19-/m1010/s1. The Bertz CT molecular complexity index is 4040. The van der Waals surface area contributed by atoms with Gasteiger partial charge in [-0.05, 0) is 174 Å². The average Bonchev–Trinajstić information content (AvgIpc) is 1.56. The summed E-state index contributed by atoms with van der Waals surface area (Å²) >= 11 is 0. The highest BCUT2D eigenvalue weighted by Gasteiger charge is 2.41. The minimum absolute atomic E-state index is 0.0696. The first-order chi connectivity index (χ1) is 55.0. The van der Waals surface area contributed by atoms with Crippen LogP contribution in [0.5, 0.6) is 0 Å². The van der Waals surface area contributed by atoms with E-state index in [-0.39, 0.29) is 46.7 Å². The van der Waals surface area contributed by atoms with Crippen molar-refractivity contribution in [1.82, 2.24) is 39.9 Å². The second kappa shape index (κ2) is 35.4. The van der Waals surface area contributed by atoms with Crippen molar-refractivity contribution in [2.24, 2.45) is 23.7 Å². The number of nitrogens with one attached hydrogen (secondary N) is 4. The molecular formula is C88H112N16O8. The summed E-state index contributed by atoms with van der Waals surface area (Å²) in [6.07, 6.45) is 24.2. The number of hydrogen-bond donors (Lipinski definition) is 4. The van der Waals surface area contributed by atoms with Crippen LogP contribution < -0.4 is 61.4 Å². The molecule has 0 bridgehead atoms. The summed E-state index contributed by atoms with van der Waals surface area (Å²) in [4.78, 5) is 99.3. The minimum atomic E-state index is -0.0696. The maximum Gasteiger partial charge on any atom is 0.254 e. The average molecular weight is 1520 g/mol. The van der Waals surface area contributed by atoms with Crippen LogP contribution in [0.15, 0.2) is 165 Å². The van der Waals surface area contributed by atoms with Gasteiger partial charge in [-0.15, -0.1) is 0 Å². The molecule has 20 rings (SSSR count). The molecule has 592 valence electrons. The Labute approximate surface area is 656 Å². The zero-order chi connectivity index (χ0) is 75.7. The van der Waals surface area contributed by atoms with Crippen LogP contribution in [0.25, 0.3) is 0 Å². The first kappa shape index (κ1) is 75.3. The second-order valence-electron chi connectivity index (χ2n) is 33.2. The number of hydrogen-bond acceptors (Lipinski definition) is 20. The van der Waals surface area contributed by atoms with Gasteiger partial charge in [-0.3, -0.25) is 39.1 Å². The Balaban J connectivity index is 0.000000108. The third-order valence-corrected chi connectivity index (χ3v) is 25.0. The normalized spacial score (nSPS) is 25.3. The fourth-order valence-corrected chi connectivity index (χ4v) is 18.3. The molecule has 24 heteroatoms. The van der Waals surface area contributed by atoms with E-state index < -0.39 is 0 Å². The molecule has 8 atom stereocenters. The molecule has 12 fully saturated rings. The molecule has 0 radical (unpaired) electrons. The first-order valence-electron chi connectivity index (χ1n) is 42.2. The number of aromatic nitrogens is 8. The van der Waals surface area contributed by atoms with Crippen LogP contribution in [-0.4, -0.2) is 193 Å². The van der Waals surface area contributed by atoms with Crippen molar-refractivity contribution in [2.75, 3.05) is 144 Å². The highest BCUT2D eigenvalue weighted by Crippen LogP contribution is 2.41. The van der Waals surface area contributed by atoms with Gasteiger partial charge in [-0.1, -0.05) is 121 Å². The summed E-state index contributed by atoms with van der Waals surface area (Å²) < 4.78 is 23.7. The number of anilines is 8. The van der Waals surface area contributed by atoms with Gasteiger partial charge < -0.3 is 58.1 Å². The van der Waals surface area contributed by atoms with Crippen LogP contribution in [0.4, 0.5) is 47.1 Å². The van der Waals surface area contributed by atoms with Crippen LogP contribution in [0, 0.1) is 23.7 Å². The van der Waals surface area contributed by atoms with Gasteiger partial charge in [-0.25, -0.2) is 0 Å². The maximum absolute atomic E-state index is 12.4. The summed E-state index contributed by atoms with van der Waals surface area (Å²) in [5.41, 5.74) is 5.05. The van der Waals surface area contributed by atoms with Crippen molar-refractivity contribution < 1.29 is 18.9 Å². The molecule has 8 saturated heterocycles. The van der Waals surface area contributed by atoms with Crippen molar-refractivity contribution >= 4 is 47.1 Å². The van der Waals surface area contributed by atoms with Gasteiger partial charge in [0, 0.05) is 127 Å². The highest BCUT2D eigenvalue weighted by molar-refractivity contribution is 5.50. The molecule has 0 amide bonds. The minimum Gasteiger partial charge on any atom is -0.374 e. The SMILES string of the molecule is O=c1cc(N2CCO[C@@H](C3CC3)C2)nc(N2CCC[C@@H]2Cc2ccccc2)[nH]1.O=c1cc(N2CCO[C@@H](C3CC3)C2)nc(N2CCC[C@H]2Cc2ccccc2)[nH]1.O=c1cc(N2CCO[C@H](C3CC3)C2)nc(N2CCC[C@@H]2Cc2ccccc2)[nH]1.O=c1cc(N2CCO[C@H](C3CC3)C2)nc(N2CCC[C@H]2Cc2ccccc2)[nH]1. The van der Waals surface area contributed by atoms with Crippen LogP contribution in [0.3, 0.4) is 0 Å². The zero-order valence-electron chi connectivity index (χ0n) is 64.9. The number of benzene rings is 4. The Morgan fingerprint density at radius 1 is 0.286 bits per heavy atom. The Morgan fingerprint density at radius 2 is 0.500 bits per heavy atom. The number of H-pyrrole nitrogens is 4. The Morgan fingerprint density at radius 3 is 0.705 bits per heavy atom. The number of rotatable bonds is 20. The molecule has 8 aliphatic heterocycles. The van der Waals surface area contributed by atoms with E-state index in [1.54, 1.807) is 24.3 Å². The Kier molecular flexibility index (Phi) is 23.8. The van der Waals surface area contributed by atoms with Gasteiger partial charge in [0.05, 0.1) is 50.8 Å². The lowest BCUT2D eigenvalue weighted by atomic mass is 10.0. The fourth-order valence-electron chi connectivity index (χ4n) is 18.3. The molecule has 8 aromatic rings. The lowest BCUT2D eigenvalue weighted by Gasteiger charge is -2.34. The molecule has 112 heavy (non-hydrogen) atoms. The monoisotopic (exact) mass is 1520 g/mol. The van der Waals surface area contributed by atoms with Crippen molar-refractivity contribution in [1.29, 1.82) is 0 Å². The van der Waals surface area contributed by atoms with Crippen molar-refractivity contribution in [3.05, 3.63) is 209 Å². The predicted octanol–water partition coefficient (Wildman–Crippen LogP) is 10.4. The molecule has 4 aliphatic carbocycles. The van der Waals surface area contributed by atoms with Crippen LogP contribution >= 0.6 is 0 Å². The van der Waals surface area contributed by atoms with Crippen LogP contribution in [0.2, 0.25) is 0 Å². The molecular weight excluding hydrogens is 1410 g/mol. The third kappa shape index (κ3) is 19.5. The maximum atomic E-state index is 12.4. The predicted molar refractivity (Wildman–Crippen MR) is 440 cm³/mol. The molecule has 4 N–H and O–H groups in total. The summed E-state index contributed by atoms with van der Waals surface area (Å²) in [6, 6.07) is 50.4. The van der Waals surface area contributed by atoms with Gasteiger partial charge in [0.25, 0.3) is 22.2 Å². The zero-order valence-corrected chi connectivity index (χ0v) is 64.9. The number of nitrogens with zero attached hydrogens (tertiary/aromatic N) is 12. The Hall–Kier alpha value is -9.36. The van der Waals surface area contributed by atoms with Crippen molar-refractivity contribution in [3.63, 3.8) is 0 Å². The quantitative estimate of drug-likeness (QED) is 0.0554. The topological polar surface area (TPSA) is 246 Å². The molecule has 4 aromatic carbocycles. The van der Waals surface area contributed by atoms with Crippen molar-refractivity contribution in [3.8, 4) is 0 Å². The van der Waals surface area contributed by atoms with E-state index in [1.807, 2.05) is 0 Å². The van der Waals surface area contributed by atoms with Gasteiger partial charge in [-0.2, -0.15) is 19.9 Å². The number of ether oxygens (including phenoxy) is 4. The largest absolute Gasteiger partial charge is 0.374 e. The van der Waals surface area contributed by atoms with Crippen molar-refractivity contribution in [2.45, 2.75) is 177 Å². The van der Waals surface area contributed by atoms with E-state index in [9.17, 15) is 19.2 Å². The van der Waals surface area contributed by atoms with E-state index in [0.717, 1.165) is 203 Å².